The number of aliphatic hydroxyl groups is 1. The van der Waals surface area contributed by atoms with Gasteiger partial charge in [0.2, 0.25) is 0 Å². The molecule has 1 heterocycles. The number of amides is 2. The van der Waals surface area contributed by atoms with Crippen molar-refractivity contribution in [2.75, 3.05) is 11.9 Å². The van der Waals surface area contributed by atoms with Crippen LogP contribution in [0.5, 0.6) is 0 Å². The van der Waals surface area contributed by atoms with Gasteiger partial charge in [-0.05, 0) is 39.0 Å². The number of terminal acetylenes is 1. The molecule has 2 aromatic rings. The van der Waals surface area contributed by atoms with Crippen LogP contribution in [0.15, 0.2) is 22.6 Å². The van der Waals surface area contributed by atoms with Gasteiger partial charge in [0.15, 0.2) is 11.6 Å². The Hall–Kier alpha value is -2.85. The number of carbonyl (C=O) groups is 1. The number of benzene rings is 1. The van der Waals surface area contributed by atoms with E-state index < -0.39 is 29.0 Å². The molecule has 0 radical (unpaired) electrons. The molecule has 132 valence electrons. The molecule has 3 N–H and O–H groups in total. The standard InChI is InChI=1S/C18H18F2N2O3/c1-5-12-7-14(19)16(15(20)8-12)22-17(23)21-9-18(4,24)13-6-10(2)25-11(13)3/h1,6-8,24H,9H2,2-4H3,(H2,21,22,23). The summed E-state index contributed by atoms with van der Waals surface area (Å²) >= 11 is 0. The molecule has 0 bridgehead atoms. The average molecular weight is 348 g/mol. The van der Waals surface area contributed by atoms with Gasteiger partial charge in [-0.15, -0.1) is 6.42 Å². The lowest BCUT2D eigenvalue weighted by Gasteiger charge is -2.23. The van der Waals surface area contributed by atoms with Gasteiger partial charge in [0.05, 0.1) is 6.54 Å². The van der Waals surface area contributed by atoms with Gasteiger partial charge in [-0.3, -0.25) is 0 Å². The minimum Gasteiger partial charge on any atom is -0.466 e. The van der Waals surface area contributed by atoms with E-state index in [1.54, 1.807) is 19.9 Å². The summed E-state index contributed by atoms with van der Waals surface area (Å²) in [6.07, 6.45) is 5.09. The van der Waals surface area contributed by atoms with Crippen molar-refractivity contribution in [3.63, 3.8) is 0 Å². The van der Waals surface area contributed by atoms with Crippen LogP contribution in [0.3, 0.4) is 0 Å². The fourth-order valence-corrected chi connectivity index (χ4v) is 2.45. The summed E-state index contributed by atoms with van der Waals surface area (Å²) in [5, 5.41) is 14.9. The molecule has 1 aromatic heterocycles. The zero-order valence-electron chi connectivity index (χ0n) is 14.0. The average Bonchev–Trinajstić information content (AvgIpc) is 2.88. The molecule has 0 saturated heterocycles. The Bertz CT molecular complexity index is 827. The van der Waals surface area contributed by atoms with Crippen molar-refractivity contribution in [1.82, 2.24) is 5.32 Å². The van der Waals surface area contributed by atoms with Crippen molar-refractivity contribution in [1.29, 1.82) is 0 Å². The van der Waals surface area contributed by atoms with Crippen LogP contribution >= 0.6 is 0 Å². The van der Waals surface area contributed by atoms with Crippen molar-refractivity contribution in [2.24, 2.45) is 0 Å². The summed E-state index contributed by atoms with van der Waals surface area (Å²) in [6, 6.07) is 2.66. The van der Waals surface area contributed by atoms with E-state index in [1.807, 2.05) is 0 Å². The normalized spacial score (nSPS) is 13.0. The van der Waals surface area contributed by atoms with Gasteiger partial charge in [-0.25, -0.2) is 13.6 Å². The first-order valence-corrected chi connectivity index (χ1v) is 7.44. The molecule has 1 unspecified atom stereocenters. The van der Waals surface area contributed by atoms with Gasteiger partial charge >= 0.3 is 6.03 Å². The number of carbonyl (C=O) groups excluding carboxylic acids is 1. The van der Waals surface area contributed by atoms with E-state index in [-0.39, 0.29) is 12.1 Å². The number of aryl methyl sites for hydroxylation is 2. The van der Waals surface area contributed by atoms with E-state index in [1.165, 1.54) is 6.92 Å². The largest absolute Gasteiger partial charge is 0.466 e. The second kappa shape index (κ2) is 6.95. The molecule has 7 heteroatoms. The number of anilines is 1. The number of nitrogens with one attached hydrogen (secondary N) is 2. The molecule has 0 aliphatic rings. The smallest absolute Gasteiger partial charge is 0.319 e. The lowest BCUT2D eigenvalue weighted by Crippen LogP contribution is -2.41. The van der Waals surface area contributed by atoms with Crippen molar-refractivity contribution < 1.29 is 23.1 Å². The monoisotopic (exact) mass is 348 g/mol. The first kappa shape index (κ1) is 18.5. The molecule has 2 amide bonds. The summed E-state index contributed by atoms with van der Waals surface area (Å²) < 4.78 is 33.0. The maximum absolute atomic E-state index is 13.8. The second-order valence-corrected chi connectivity index (χ2v) is 5.87. The van der Waals surface area contributed by atoms with Crippen LogP contribution in [-0.4, -0.2) is 17.7 Å². The van der Waals surface area contributed by atoms with E-state index >= 15 is 0 Å². The number of hydrogen-bond donors (Lipinski definition) is 3. The van der Waals surface area contributed by atoms with Crippen molar-refractivity contribution >= 4 is 11.7 Å². The molecule has 5 nitrogen and oxygen atoms in total. The van der Waals surface area contributed by atoms with Crippen LogP contribution < -0.4 is 10.6 Å². The Kier molecular flexibility index (Phi) is 5.14. The van der Waals surface area contributed by atoms with Crippen molar-refractivity contribution in [3.8, 4) is 12.3 Å². The molecule has 2 rings (SSSR count). The summed E-state index contributed by atoms with van der Waals surface area (Å²) in [6.45, 7) is 4.73. The Balaban J connectivity index is 2.06. The Morgan fingerprint density at radius 3 is 2.40 bits per heavy atom. The summed E-state index contributed by atoms with van der Waals surface area (Å²) in [4.78, 5) is 11.9. The number of urea groups is 1. The molecule has 0 aliphatic carbocycles. The Labute approximate surface area is 144 Å². The predicted octanol–water partition coefficient (Wildman–Crippen LogP) is 3.19. The highest BCUT2D eigenvalue weighted by Crippen LogP contribution is 2.26. The topological polar surface area (TPSA) is 74.5 Å². The third kappa shape index (κ3) is 4.17. The van der Waals surface area contributed by atoms with Crippen LogP contribution in [0.1, 0.15) is 29.6 Å². The molecular formula is C18H18F2N2O3. The highest BCUT2D eigenvalue weighted by Gasteiger charge is 2.28. The van der Waals surface area contributed by atoms with E-state index in [4.69, 9.17) is 10.8 Å². The van der Waals surface area contributed by atoms with Gasteiger partial charge in [0.25, 0.3) is 0 Å². The highest BCUT2D eigenvalue weighted by molar-refractivity contribution is 5.89. The molecule has 1 atom stereocenters. The maximum atomic E-state index is 13.8. The number of furan rings is 1. The van der Waals surface area contributed by atoms with Gasteiger partial charge in [0.1, 0.15) is 22.8 Å². The molecule has 0 saturated carbocycles. The quantitative estimate of drug-likeness (QED) is 0.743. The fourth-order valence-electron chi connectivity index (χ4n) is 2.45. The minimum absolute atomic E-state index is 0.0229. The Morgan fingerprint density at radius 2 is 1.92 bits per heavy atom. The lowest BCUT2D eigenvalue weighted by molar-refractivity contribution is 0.0584. The molecule has 25 heavy (non-hydrogen) atoms. The number of rotatable bonds is 4. The van der Waals surface area contributed by atoms with Crippen molar-refractivity contribution in [2.45, 2.75) is 26.4 Å². The number of halogens is 2. The van der Waals surface area contributed by atoms with Crippen LogP contribution in [0, 0.1) is 37.8 Å². The molecule has 1 aromatic carbocycles. The fraction of sp³-hybridized carbons (Fsp3) is 0.278. The molecule has 0 aliphatic heterocycles. The van der Waals surface area contributed by atoms with Crippen LogP contribution in [0.2, 0.25) is 0 Å². The maximum Gasteiger partial charge on any atom is 0.319 e. The van der Waals surface area contributed by atoms with Gasteiger partial charge < -0.3 is 20.2 Å². The molecule has 0 fully saturated rings. The van der Waals surface area contributed by atoms with Gasteiger partial charge in [-0.2, -0.15) is 0 Å². The molecular weight excluding hydrogens is 330 g/mol. The number of hydrogen-bond acceptors (Lipinski definition) is 3. The van der Waals surface area contributed by atoms with Crippen molar-refractivity contribution in [3.05, 3.63) is 52.5 Å². The zero-order valence-corrected chi connectivity index (χ0v) is 14.0. The Morgan fingerprint density at radius 1 is 1.32 bits per heavy atom. The molecule has 0 spiro atoms. The highest BCUT2D eigenvalue weighted by atomic mass is 19.1. The van der Waals surface area contributed by atoms with Gasteiger partial charge in [0, 0.05) is 11.1 Å². The third-order valence-electron chi connectivity index (χ3n) is 3.66. The van der Waals surface area contributed by atoms with Crippen LogP contribution in [0.4, 0.5) is 19.3 Å². The minimum atomic E-state index is -1.41. The summed E-state index contributed by atoms with van der Waals surface area (Å²) in [7, 11) is 0. The van der Waals surface area contributed by atoms with E-state index in [0.29, 0.717) is 17.1 Å². The zero-order chi connectivity index (χ0) is 18.8. The summed E-state index contributed by atoms with van der Waals surface area (Å²) in [5.74, 6) is 1.27. The van der Waals surface area contributed by atoms with Crippen LogP contribution in [-0.2, 0) is 5.60 Å². The lowest BCUT2D eigenvalue weighted by atomic mass is 9.96. The first-order chi connectivity index (χ1) is 11.6. The predicted molar refractivity (Wildman–Crippen MR) is 89.1 cm³/mol. The first-order valence-electron chi connectivity index (χ1n) is 7.44. The summed E-state index contributed by atoms with van der Waals surface area (Å²) in [5.41, 5.74) is -1.49. The third-order valence-corrected chi connectivity index (χ3v) is 3.66. The van der Waals surface area contributed by atoms with Crippen LogP contribution in [0.25, 0.3) is 0 Å². The van der Waals surface area contributed by atoms with Gasteiger partial charge in [-0.1, -0.05) is 5.92 Å². The van der Waals surface area contributed by atoms with E-state index in [2.05, 4.69) is 16.6 Å². The second-order valence-electron chi connectivity index (χ2n) is 5.87. The van der Waals surface area contributed by atoms with E-state index in [9.17, 15) is 18.7 Å². The SMILES string of the molecule is C#Cc1cc(F)c(NC(=O)NCC(C)(O)c2cc(C)oc2C)c(F)c1. The van der Waals surface area contributed by atoms with E-state index in [0.717, 1.165) is 12.1 Å².